The van der Waals surface area contributed by atoms with E-state index in [1.54, 1.807) is 0 Å². The van der Waals surface area contributed by atoms with E-state index in [9.17, 15) is 0 Å². The van der Waals surface area contributed by atoms with Crippen molar-refractivity contribution < 1.29 is 0 Å². The molecule has 1 nitrogen and oxygen atoms in total. The molecule has 0 atom stereocenters. The Morgan fingerprint density at radius 2 is 1.93 bits per heavy atom. The predicted octanol–water partition coefficient (Wildman–Crippen LogP) is 3.76. The average Bonchev–Trinajstić information content (AvgIpc) is 2.16. The largest absolute Gasteiger partial charge is 0.330 e. The normalized spacial score (nSPS) is 18.6. The van der Waals surface area contributed by atoms with Gasteiger partial charge in [-0.1, -0.05) is 35.7 Å². The minimum atomic E-state index is 0.281. The first kappa shape index (κ1) is 11.3. The SMILES string of the molecule is NCCC1(c2ccc(Cl)c(Cl)c2)CCC1. The summed E-state index contributed by atoms with van der Waals surface area (Å²) in [6.45, 7) is 0.736. The number of benzene rings is 1. The summed E-state index contributed by atoms with van der Waals surface area (Å²) < 4.78 is 0. The third-order valence-electron chi connectivity index (χ3n) is 3.47. The molecule has 2 N–H and O–H groups in total. The monoisotopic (exact) mass is 243 g/mol. The van der Waals surface area contributed by atoms with Crippen LogP contribution in [0.1, 0.15) is 31.2 Å². The van der Waals surface area contributed by atoms with Gasteiger partial charge < -0.3 is 5.73 Å². The van der Waals surface area contributed by atoms with Crippen LogP contribution in [0.5, 0.6) is 0 Å². The van der Waals surface area contributed by atoms with Crippen LogP contribution in [0.25, 0.3) is 0 Å². The van der Waals surface area contributed by atoms with E-state index in [0.29, 0.717) is 10.0 Å². The van der Waals surface area contributed by atoms with Crippen LogP contribution >= 0.6 is 23.2 Å². The fourth-order valence-electron chi connectivity index (χ4n) is 2.39. The van der Waals surface area contributed by atoms with E-state index in [1.165, 1.54) is 24.8 Å². The van der Waals surface area contributed by atoms with Gasteiger partial charge in [0.1, 0.15) is 0 Å². The Morgan fingerprint density at radius 3 is 2.40 bits per heavy atom. The molecule has 1 saturated carbocycles. The molecule has 1 fully saturated rings. The zero-order valence-corrected chi connectivity index (χ0v) is 10.1. The maximum Gasteiger partial charge on any atom is 0.0595 e. The second-order valence-corrected chi connectivity index (χ2v) is 5.12. The molecule has 0 heterocycles. The van der Waals surface area contributed by atoms with Crippen molar-refractivity contribution in [3.63, 3.8) is 0 Å². The predicted molar refractivity (Wildman–Crippen MR) is 65.7 cm³/mol. The third kappa shape index (κ3) is 2.01. The summed E-state index contributed by atoms with van der Waals surface area (Å²) in [5.41, 5.74) is 7.25. The van der Waals surface area contributed by atoms with Crippen molar-refractivity contribution in [3.8, 4) is 0 Å². The van der Waals surface area contributed by atoms with Crippen LogP contribution in [0.2, 0.25) is 10.0 Å². The van der Waals surface area contributed by atoms with Gasteiger partial charge in [-0.25, -0.2) is 0 Å². The topological polar surface area (TPSA) is 26.0 Å². The first-order valence-electron chi connectivity index (χ1n) is 5.33. The molecular weight excluding hydrogens is 229 g/mol. The molecule has 3 heteroatoms. The van der Waals surface area contributed by atoms with Gasteiger partial charge in [0.15, 0.2) is 0 Å². The zero-order valence-electron chi connectivity index (χ0n) is 8.60. The van der Waals surface area contributed by atoms with Gasteiger partial charge in [-0.3, -0.25) is 0 Å². The standard InChI is InChI=1S/C12H15Cl2N/c13-10-3-2-9(8-11(10)14)12(6-7-15)4-1-5-12/h2-3,8H,1,4-7,15H2. The molecule has 82 valence electrons. The molecule has 2 rings (SSSR count). The number of hydrogen-bond acceptors (Lipinski definition) is 1. The lowest BCUT2D eigenvalue weighted by atomic mass is 9.62. The Balaban J connectivity index is 2.30. The van der Waals surface area contributed by atoms with E-state index in [4.69, 9.17) is 28.9 Å². The van der Waals surface area contributed by atoms with E-state index in [0.717, 1.165) is 13.0 Å². The molecule has 1 aromatic rings. The molecule has 0 unspecified atom stereocenters. The third-order valence-corrected chi connectivity index (χ3v) is 4.20. The molecule has 0 aromatic heterocycles. The fourth-order valence-corrected chi connectivity index (χ4v) is 2.69. The maximum absolute atomic E-state index is 6.04. The molecule has 0 bridgehead atoms. The fraction of sp³-hybridized carbons (Fsp3) is 0.500. The lowest BCUT2D eigenvalue weighted by Gasteiger charge is -2.42. The molecule has 0 radical (unpaired) electrons. The Kier molecular flexibility index (Phi) is 3.24. The van der Waals surface area contributed by atoms with Gasteiger partial charge in [0.25, 0.3) is 0 Å². The first-order chi connectivity index (χ1) is 7.18. The molecule has 1 aromatic carbocycles. The highest BCUT2D eigenvalue weighted by atomic mass is 35.5. The summed E-state index contributed by atoms with van der Waals surface area (Å²) in [5.74, 6) is 0. The first-order valence-corrected chi connectivity index (χ1v) is 6.09. The van der Waals surface area contributed by atoms with Crippen LogP contribution in [0, 0.1) is 0 Å². The van der Waals surface area contributed by atoms with Crippen molar-refractivity contribution in [2.75, 3.05) is 6.54 Å². The highest BCUT2D eigenvalue weighted by Crippen LogP contribution is 2.47. The highest BCUT2D eigenvalue weighted by Gasteiger charge is 2.37. The Bertz CT molecular complexity index is 359. The Hall–Kier alpha value is -0.240. The Morgan fingerprint density at radius 1 is 1.20 bits per heavy atom. The van der Waals surface area contributed by atoms with E-state index in [2.05, 4.69) is 6.07 Å². The molecule has 15 heavy (non-hydrogen) atoms. The zero-order chi connectivity index (χ0) is 10.9. The lowest BCUT2D eigenvalue weighted by molar-refractivity contribution is 0.229. The molecular formula is C12H15Cl2N. The number of hydrogen-bond donors (Lipinski definition) is 1. The summed E-state index contributed by atoms with van der Waals surface area (Å²) in [5, 5.41) is 1.28. The van der Waals surface area contributed by atoms with Crippen LogP contribution in [0.15, 0.2) is 18.2 Å². The van der Waals surface area contributed by atoms with E-state index < -0.39 is 0 Å². The van der Waals surface area contributed by atoms with Gasteiger partial charge >= 0.3 is 0 Å². The van der Waals surface area contributed by atoms with Crippen LogP contribution < -0.4 is 5.73 Å². The average molecular weight is 244 g/mol. The highest BCUT2D eigenvalue weighted by molar-refractivity contribution is 6.42. The van der Waals surface area contributed by atoms with E-state index in [1.807, 2.05) is 12.1 Å². The molecule has 1 aliphatic carbocycles. The smallest absolute Gasteiger partial charge is 0.0595 e. The van der Waals surface area contributed by atoms with Crippen LogP contribution in [0.3, 0.4) is 0 Å². The van der Waals surface area contributed by atoms with Gasteiger partial charge in [-0.2, -0.15) is 0 Å². The number of rotatable bonds is 3. The van der Waals surface area contributed by atoms with Crippen molar-refractivity contribution in [2.45, 2.75) is 31.1 Å². The second-order valence-electron chi connectivity index (χ2n) is 4.30. The van der Waals surface area contributed by atoms with Crippen LogP contribution in [-0.2, 0) is 5.41 Å². The lowest BCUT2D eigenvalue weighted by Crippen LogP contribution is -2.36. The summed E-state index contributed by atoms with van der Waals surface area (Å²) in [7, 11) is 0. The van der Waals surface area contributed by atoms with Gasteiger partial charge in [-0.15, -0.1) is 0 Å². The van der Waals surface area contributed by atoms with Crippen molar-refractivity contribution in [2.24, 2.45) is 5.73 Å². The van der Waals surface area contributed by atoms with Gasteiger partial charge in [-0.05, 0) is 48.9 Å². The van der Waals surface area contributed by atoms with Gasteiger partial charge in [0, 0.05) is 0 Å². The molecule has 1 aliphatic rings. The minimum absolute atomic E-state index is 0.281. The van der Waals surface area contributed by atoms with Gasteiger partial charge in [0.05, 0.1) is 10.0 Å². The van der Waals surface area contributed by atoms with Crippen molar-refractivity contribution >= 4 is 23.2 Å². The Labute approximate surface area is 101 Å². The number of nitrogens with two attached hydrogens (primary N) is 1. The second kappa shape index (κ2) is 4.32. The quantitative estimate of drug-likeness (QED) is 0.860. The molecule has 0 amide bonds. The van der Waals surface area contributed by atoms with Gasteiger partial charge in [0.2, 0.25) is 0 Å². The maximum atomic E-state index is 6.04. The van der Waals surface area contributed by atoms with Crippen molar-refractivity contribution in [1.29, 1.82) is 0 Å². The van der Waals surface area contributed by atoms with Crippen molar-refractivity contribution in [3.05, 3.63) is 33.8 Å². The summed E-state index contributed by atoms with van der Waals surface area (Å²) in [6.07, 6.45) is 4.79. The minimum Gasteiger partial charge on any atom is -0.330 e. The number of halogens is 2. The molecule has 0 aliphatic heterocycles. The molecule has 0 spiro atoms. The summed E-state index contributed by atoms with van der Waals surface area (Å²) in [6, 6.07) is 5.97. The van der Waals surface area contributed by atoms with E-state index >= 15 is 0 Å². The van der Waals surface area contributed by atoms with Crippen LogP contribution in [-0.4, -0.2) is 6.54 Å². The molecule has 0 saturated heterocycles. The summed E-state index contributed by atoms with van der Waals surface area (Å²) in [4.78, 5) is 0. The summed E-state index contributed by atoms with van der Waals surface area (Å²) >= 11 is 12.0. The van der Waals surface area contributed by atoms with Crippen molar-refractivity contribution in [1.82, 2.24) is 0 Å². The van der Waals surface area contributed by atoms with Crippen LogP contribution in [0.4, 0.5) is 0 Å². The van der Waals surface area contributed by atoms with E-state index in [-0.39, 0.29) is 5.41 Å².